The summed E-state index contributed by atoms with van der Waals surface area (Å²) in [5.74, 6) is 0.657. The Hall–Kier alpha value is -2.31. The highest BCUT2D eigenvalue weighted by Gasteiger charge is 2.47. The summed E-state index contributed by atoms with van der Waals surface area (Å²) in [6.45, 7) is 2.04. The molecule has 1 atom stereocenters. The molecule has 3 rings (SSSR count). The van der Waals surface area contributed by atoms with Crippen LogP contribution in [-0.2, 0) is 11.3 Å². The minimum absolute atomic E-state index is 0.0647. The van der Waals surface area contributed by atoms with E-state index in [2.05, 4.69) is 15.0 Å². The molecule has 36 heavy (non-hydrogen) atoms. The Morgan fingerprint density at radius 1 is 1.00 bits per heavy atom. The molecular formula is C21H24F6N5O2PS. The molecule has 1 aromatic carbocycles. The number of imidazole rings is 1. The van der Waals surface area contributed by atoms with Crippen LogP contribution < -0.4 is 10.5 Å². The summed E-state index contributed by atoms with van der Waals surface area (Å²) in [7, 11) is 1.56. The molecule has 2 N–H and O–H groups in total. The van der Waals surface area contributed by atoms with Crippen molar-refractivity contribution < 1.29 is 35.8 Å². The Kier molecular flexibility index (Phi) is 8.94. The molecular weight excluding hydrogens is 531 g/mol. The average molecular weight is 555 g/mol. The van der Waals surface area contributed by atoms with Crippen LogP contribution in [0.5, 0.6) is 5.75 Å². The van der Waals surface area contributed by atoms with E-state index < -0.39 is 37.1 Å². The zero-order valence-corrected chi connectivity index (χ0v) is 21.0. The van der Waals surface area contributed by atoms with Crippen LogP contribution in [0.3, 0.4) is 0 Å². The van der Waals surface area contributed by atoms with Gasteiger partial charge in [0.15, 0.2) is 5.65 Å². The lowest BCUT2D eigenvalue weighted by molar-refractivity contribution is -0.205. The number of nitrogens with zero attached hydrogens (tertiary/aromatic N) is 4. The van der Waals surface area contributed by atoms with Crippen LogP contribution in [0.1, 0.15) is 26.2 Å². The second-order valence-electron chi connectivity index (χ2n) is 7.92. The van der Waals surface area contributed by atoms with Crippen molar-refractivity contribution in [2.75, 3.05) is 18.9 Å². The molecule has 2 aromatic heterocycles. The molecule has 0 aliphatic carbocycles. The first-order chi connectivity index (χ1) is 16.8. The molecule has 0 fully saturated rings. The number of hydrogen-bond donors (Lipinski definition) is 1. The predicted octanol–water partition coefficient (Wildman–Crippen LogP) is 5.84. The zero-order valence-electron chi connectivity index (χ0n) is 19.1. The Morgan fingerprint density at radius 2 is 1.64 bits per heavy atom. The molecule has 0 radical (unpaired) electrons. The number of rotatable bonds is 11. The third-order valence-electron chi connectivity index (χ3n) is 4.68. The standard InChI is InChI=1S/C21H24F6N5O2PS/c1-2-8-33-13-3-5-14(6-4-13)36-17-15-16(30-18(28)31-17)32(12-29-15)7-9-34-19(35,10-20(22,23)24)11-21(25,26)27/h3-6,12H,2,7-11,35H2,1H3,(H2,28,30,31). The molecule has 0 saturated heterocycles. The van der Waals surface area contributed by atoms with Crippen molar-refractivity contribution in [3.05, 3.63) is 30.6 Å². The second kappa shape index (κ2) is 11.4. The second-order valence-corrected chi connectivity index (χ2v) is 10.0. The van der Waals surface area contributed by atoms with E-state index in [4.69, 9.17) is 15.2 Å². The van der Waals surface area contributed by atoms with Gasteiger partial charge in [-0.2, -0.15) is 31.3 Å². The van der Waals surface area contributed by atoms with E-state index in [0.717, 1.165) is 17.1 Å². The van der Waals surface area contributed by atoms with Gasteiger partial charge < -0.3 is 19.8 Å². The molecule has 2 heterocycles. The maximum atomic E-state index is 12.9. The van der Waals surface area contributed by atoms with Gasteiger partial charge in [0.1, 0.15) is 16.3 Å². The van der Waals surface area contributed by atoms with Crippen LogP contribution in [0.2, 0.25) is 0 Å². The number of nitrogens with two attached hydrogens (primary N) is 1. The fourth-order valence-corrected chi connectivity index (χ4v) is 4.75. The van der Waals surface area contributed by atoms with Crippen LogP contribution in [0.25, 0.3) is 11.2 Å². The van der Waals surface area contributed by atoms with E-state index in [-0.39, 0.29) is 18.1 Å². The first-order valence-corrected chi connectivity index (χ1v) is 12.1. The average Bonchev–Trinajstić information content (AvgIpc) is 3.13. The number of benzene rings is 1. The lowest BCUT2D eigenvalue weighted by Gasteiger charge is -2.31. The lowest BCUT2D eigenvalue weighted by atomic mass is 10.1. The molecule has 0 saturated carbocycles. The van der Waals surface area contributed by atoms with Crippen molar-refractivity contribution in [3.63, 3.8) is 0 Å². The molecule has 0 aliphatic rings. The Bertz CT molecular complexity index is 1140. The third kappa shape index (κ3) is 8.38. The van der Waals surface area contributed by atoms with Gasteiger partial charge in [-0.3, -0.25) is 0 Å². The Morgan fingerprint density at radius 3 is 2.22 bits per heavy atom. The molecule has 3 aromatic rings. The van der Waals surface area contributed by atoms with E-state index in [0.29, 0.717) is 17.1 Å². The van der Waals surface area contributed by atoms with Gasteiger partial charge in [0, 0.05) is 11.4 Å². The highest BCUT2D eigenvalue weighted by molar-refractivity contribution is 7.99. The summed E-state index contributed by atoms with van der Waals surface area (Å²) < 4.78 is 89.3. The lowest BCUT2D eigenvalue weighted by Crippen LogP contribution is -2.37. The number of fused-ring (bicyclic) bond motifs is 1. The molecule has 1 unspecified atom stereocenters. The molecule has 7 nitrogen and oxygen atoms in total. The highest BCUT2D eigenvalue weighted by atomic mass is 32.2. The van der Waals surface area contributed by atoms with Crippen molar-refractivity contribution in [1.29, 1.82) is 0 Å². The summed E-state index contributed by atoms with van der Waals surface area (Å²) in [6, 6.07) is 7.30. The van der Waals surface area contributed by atoms with E-state index in [9.17, 15) is 26.3 Å². The van der Waals surface area contributed by atoms with Crippen LogP contribution in [0.15, 0.2) is 40.5 Å². The van der Waals surface area contributed by atoms with Gasteiger partial charge in [0.2, 0.25) is 5.95 Å². The van der Waals surface area contributed by atoms with Crippen molar-refractivity contribution in [1.82, 2.24) is 19.5 Å². The number of halogens is 6. The predicted molar refractivity (Wildman–Crippen MR) is 126 cm³/mol. The van der Waals surface area contributed by atoms with Crippen LogP contribution in [0.4, 0.5) is 32.3 Å². The summed E-state index contributed by atoms with van der Waals surface area (Å²) in [5.41, 5.74) is 6.49. The van der Waals surface area contributed by atoms with Gasteiger partial charge in [-0.15, -0.1) is 9.24 Å². The fraction of sp³-hybridized carbons (Fsp3) is 0.476. The van der Waals surface area contributed by atoms with Crippen LogP contribution in [-0.4, -0.2) is 50.4 Å². The maximum absolute atomic E-state index is 12.9. The van der Waals surface area contributed by atoms with E-state index in [1.807, 2.05) is 31.2 Å². The molecule has 0 amide bonds. The van der Waals surface area contributed by atoms with Crippen molar-refractivity contribution in [3.8, 4) is 5.75 Å². The quantitative estimate of drug-likeness (QED) is 0.181. The van der Waals surface area contributed by atoms with Crippen molar-refractivity contribution in [2.45, 2.75) is 60.3 Å². The zero-order chi connectivity index (χ0) is 26.6. The normalized spacial score (nSPS) is 12.9. The van der Waals surface area contributed by atoms with Gasteiger partial charge in [0.05, 0.1) is 37.7 Å². The smallest absolute Gasteiger partial charge is 0.392 e. The molecule has 0 spiro atoms. The SMILES string of the molecule is CCCOc1ccc(Sc2nc(N)nc3c2ncn3CCOC(P)(CC(F)(F)F)CC(F)(F)F)cc1. The summed E-state index contributed by atoms with van der Waals surface area (Å²) in [5, 5.41) is -2.11. The largest absolute Gasteiger partial charge is 0.494 e. The summed E-state index contributed by atoms with van der Waals surface area (Å²) >= 11 is 1.27. The Labute approximate surface area is 209 Å². The number of nitrogen functional groups attached to an aromatic ring is 1. The number of anilines is 1. The van der Waals surface area contributed by atoms with Gasteiger partial charge in [-0.05, 0) is 30.7 Å². The van der Waals surface area contributed by atoms with Gasteiger partial charge in [0.25, 0.3) is 0 Å². The third-order valence-corrected chi connectivity index (χ3v) is 6.24. The molecule has 0 bridgehead atoms. The minimum Gasteiger partial charge on any atom is -0.494 e. The van der Waals surface area contributed by atoms with Gasteiger partial charge in [-0.25, -0.2) is 9.97 Å². The minimum atomic E-state index is -4.84. The summed E-state index contributed by atoms with van der Waals surface area (Å²) in [6.07, 6.45) is -11.0. The van der Waals surface area contributed by atoms with E-state index in [1.54, 1.807) is 9.24 Å². The number of aromatic nitrogens is 4. The van der Waals surface area contributed by atoms with E-state index >= 15 is 0 Å². The van der Waals surface area contributed by atoms with Crippen molar-refractivity contribution >= 4 is 38.1 Å². The molecule has 0 aliphatic heterocycles. The van der Waals surface area contributed by atoms with Gasteiger partial charge in [-0.1, -0.05) is 18.7 Å². The monoisotopic (exact) mass is 555 g/mol. The molecule has 15 heteroatoms. The fourth-order valence-electron chi connectivity index (χ4n) is 3.30. The topological polar surface area (TPSA) is 88.1 Å². The highest BCUT2D eigenvalue weighted by Crippen LogP contribution is 2.42. The first-order valence-electron chi connectivity index (χ1n) is 10.7. The van der Waals surface area contributed by atoms with E-state index in [1.165, 1.54) is 22.7 Å². The number of hydrogen-bond acceptors (Lipinski definition) is 7. The van der Waals surface area contributed by atoms with Crippen LogP contribution >= 0.6 is 21.0 Å². The molecule has 198 valence electrons. The first kappa shape index (κ1) is 28.3. The summed E-state index contributed by atoms with van der Waals surface area (Å²) in [4.78, 5) is 13.4. The van der Waals surface area contributed by atoms with Crippen molar-refractivity contribution in [2.24, 2.45) is 0 Å². The number of alkyl halides is 6. The van der Waals surface area contributed by atoms with Gasteiger partial charge >= 0.3 is 12.4 Å². The number of ether oxygens (including phenoxy) is 2. The van der Waals surface area contributed by atoms with Crippen LogP contribution in [0, 0.1) is 0 Å². The Balaban J connectivity index is 1.74. The maximum Gasteiger partial charge on any atom is 0.392 e.